The molecule has 0 rings (SSSR count). The highest BCUT2D eigenvalue weighted by Gasteiger charge is 2.01. The van der Waals surface area contributed by atoms with E-state index < -0.39 is 0 Å². The molecule has 0 fully saturated rings. The lowest BCUT2D eigenvalue weighted by molar-refractivity contribution is 0.0297. The van der Waals surface area contributed by atoms with Crippen LogP contribution in [0.15, 0.2) is 17.8 Å². The summed E-state index contributed by atoms with van der Waals surface area (Å²) in [7, 11) is 1.58. The molecule has 4 nitrogen and oxygen atoms in total. The largest absolute Gasteiger partial charge is 0.382 e. The Balaban J connectivity index is 3.34. The number of methoxy groups -OCH3 is 1. The van der Waals surface area contributed by atoms with Gasteiger partial charge in [-0.05, 0) is 0 Å². The van der Waals surface area contributed by atoms with Crippen LogP contribution in [0.1, 0.15) is 0 Å². The van der Waals surface area contributed by atoms with Crippen molar-refractivity contribution in [2.75, 3.05) is 26.9 Å². The van der Waals surface area contributed by atoms with Crippen molar-refractivity contribution >= 4 is 0 Å². The van der Waals surface area contributed by atoms with Crippen LogP contribution in [-0.4, -0.2) is 33.0 Å². The molecule has 0 aromatic rings. The van der Waals surface area contributed by atoms with Crippen molar-refractivity contribution in [1.29, 1.82) is 0 Å². The predicted octanol–water partition coefficient (Wildman–Crippen LogP) is 0.970. The van der Waals surface area contributed by atoms with Gasteiger partial charge < -0.3 is 9.47 Å². The second-order valence-electron chi connectivity index (χ2n) is 1.95. The fourth-order valence-electron chi connectivity index (χ4n) is 0.590. The Hall–Kier alpha value is -0.740. The lowest BCUT2D eigenvalue weighted by Gasteiger charge is -2.10. The molecule has 0 aliphatic rings. The third-order valence-corrected chi connectivity index (χ3v) is 1.11. The Morgan fingerprint density at radius 1 is 1.73 bits per heavy atom. The molecule has 11 heavy (non-hydrogen) atoms. The zero-order valence-electron chi connectivity index (χ0n) is 6.66. The first-order valence-electron chi connectivity index (χ1n) is 3.37. The lowest BCUT2D eigenvalue weighted by Crippen LogP contribution is -2.17. The van der Waals surface area contributed by atoms with Crippen molar-refractivity contribution in [3.63, 3.8) is 0 Å². The van der Waals surface area contributed by atoms with E-state index in [1.54, 1.807) is 13.2 Å². The summed E-state index contributed by atoms with van der Waals surface area (Å²) >= 11 is 0. The summed E-state index contributed by atoms with van der Waals surface area (Å²) in [5, 5.41) is 2.65. The summed E-state index contributed by atoms with van der Waals surface area (Å²) in [6, 6.07) is 0. The first kappa shape index (κ1) is 10.3. The van der Waals surface area contributed by atoms with Gasteiger partial charge in [0.1, 0.15) is 6.54 Å². The van der Waals surface area contributed by atoms with E-state index in [1.807, 2.05) is 0 Å². The molecule has 64 valence electrons. The van der Waals surface area contributed by atoms with Gasteiger partial charge in [-0.25, -0.2) is 0 Å². The molecule has 0 heterocycles. The van der Waals surface area contributed by atoms with Gasteiger partial charge in [-0.15, -0.1) is 6.58 Å². The molecule has 4 heteroatoms. The number of hydrogen-bond donors (Lipinski definition) is 0. The second kappa shape index (κ2) is 7.37. The molecule has 0 aromatic carbocycles. The molecular formula is C7H13NO3. The summed E-state index contributed by atoms with van der Waals surface area (Å²) in [5.74, 6) is 0. The zero-order chi connectivity index (χ0) is 8.53. The molecular weight excluding hydrogens is 146 g/mol. The van der Waals surface area contributed by atoms with Gasteiger partial charge in [0, 0.05) is 7.11 Å². The smallest absolute Gasteiger partial charge is 0.104 e. The van der Waals surface area contributed by atoms with Crippen molar-refractivity contribution in [3.8, 4) is 0 Å². The molecule has 0 aromatic heterocycles. The molecule has 0 bridgehead atoms. The summed E-state index contributed by atoms with van der Waals surface area (Å²) < 4.78 is 9.96. The zero-order valence-corrected chi connectivity index (χ0v) is 6.66. The van der Waals surface area contributed by atoms with Crippen LogP contribution in [0.3, 0.4) is 0 Å². The third-order valence-electron chi connectivity index (χ3n) is 1.11. The number of nitrogens with zero attached hydrogens (tertiary/aromatic N) is 1. The number of ether oxygens (including phenoxy) is 2. The number of rotatable bonds is 7. The molecule has 0 N–H and O–H groups in total. The first-order chi connectivity index (χ1) is 5.35. The summed E-state index contributed by atoms with van der Waals surface area (Å²) in [6.45, 7) is 4.50. The maximum atomic E-state index is 9.65. The quantitative estimate of drug-likeness (QED) is 0.316. The van der Waals surface area contributed by atoms with Gasteiger partial charge in [-0.3, -0.25) is 0 Å². The van der Waals surface area contributed by atoms with Crippen LogP contribution >= 0.6 is 0 Å². The Morgan fingerprint density at radius 2 is 2.45 bits per heavy atom. The molecule has 1 atom stereocenters. The first-order valence-corrected chi connectivity index (χ1v) is 3.37. The van der Waals surface area contributed by atoms with Gasteiger partial charge in [-0.2, -0.15) is 4.91 Å². The number of hydrogen-bond acceptors (Lipinski definition) is 4. The van der Waals surface area contributed by atoms with Crippen molar-refractivity contribution in [3.05, 3.63) is 17.6 Å². The van der Waals surface area contributed by atoms with Crippen molar-refractivity contribution in [1.82, 2.24) is 0 Å². The average molecular weight is 159 g/mol. The van der Waals surface area contributed by atoms with Crippen LogP contribution in [0.4, 0.5) is 0 Å². The summed E-state index contributed by atoms with van der Waals surface area (Å²) in [6.07, 6.45) is 1.50. The maximum absolute atomic E-state index is 9.65. The Kier molecular flexibility index (Phi) is 6.87. The molecule has 0 unspecified atom stereocenters. The summed E-state index contributed by atoms with van der Waals surface area (Å²) in [4.78, 5) is 9.65. The standard InChI is InChI=1S/C7H13NO3/c1-3-7(6-10-2)11-5-4-8-9/h3,7H,1,4-6H2,2H3/t7-/m0/s1. The van der Waals surface area contributed by atoms with Crippen LogP contribution in [0.2, 0.25) is 0 Å². The molecule has 0 saturated carbocycles. The van der Waals surface area contributed by atoms with Crippen LogP contribution in [-0.2, 0) is 9.47 Å². The fraction of sp³-hybridized carbons (Fsp3) is 0.714. The molecule has 0 radical (unpaired) electrons. The minimum Gasteiger partial charge on any atom is -0.382 e. The van der Waals surface area contributed by atoms with Crippen molar-refractivity contribution in [2.45, 2.75) is 6.10 Å². The Labute approximate surface area is 66.2 Å². The van der Waals surface area contributed by atoms with Crippen molar-refractivity contribution < 1.29 is 9.47 Å². The van der Waals surface area contributed by atoms with E-state index in [1.165, 1.54) is 0 Å². The average Bonchev–Trinajstić information content (AvgIpc) is 2.03. The van der Waals surface area contributed by atoms with Gasteiger partial charge >= 0.3 is 0 Å². The van der Waals surface area contributed by atoms with Gasteiger partial charge in [0.25, 0.3) is 0 Å². The van der Waals surface area contributed by atoms with Gasteiger partial charge in [0.05, 0.1) is 19.3 Å². The number of nitroso groups, excluding NO2 is 1. The Bertz CT molecular complexity index is 116. The maximum Gasteiger partial charge on any atom is 0.104 e. The van der Waals surface area contributed by atoms with E-state index in [0.717, 1.165) is 0 Å². The van der Waals surface area contributed by atoms with E-state index in [-0.39, 0.29) is 12.6 Å². The fourth-order valence-corrected chi connectivity index (χ4v) is 0.590. The Morgan fingerprint density at radius 3 is 2.91 bits per heavy atom. The van der Waals surface area contributed by atoms with Crippen LogP contribution in [0.5, 0.6) is 0 Å². The minimum atomic E-state index is -0.137. The highest BCUT2D eigenvalue weighted by atomic mass is 16.5. The van der Waals surface area contributed by atoms with Crippen LogP contribution in [0.25, 0.3) is 0 Å². The van der Waals surface area contributed by atoms with Crippen LogP contribution in [0, 0.1) is 4.91 Å². The van der Waals surface area contributed by atoms with E-state index in [2.05, 4.69) is 11.8 Å². The monoisotopic (exact) mass is 159 g/mol. The normalized spacial score (nSPS) is 12.5. The SMILES string of the molecule is C=C[C@@H](COC)OCCN=O. The van der Waals surface area contributed by atoms with Gasteiger partial charge in [0.2, 0.25) is 0 Å². The highest BCUT2D eigenvalue weighted by molar-refractivity contribution is 4.79. The molecule has 0 aliphatic carbocycles. The topological polar surface area (TPSA) is 47.9 Å². The van der Waals surface area contributed by atoms with Crippen molar-refractivity contribution in [2.24, 2.45) is 5.18 Å². The molecule has 0 amide bonds. The van der Waals surface area contributed by atoms with E-state index in [0.29, 0.717) is 13.2 Å². The van der Waals surface area contributed by atoms with Gasteiger partial charge in [-0.1, -0.05) is 11.3 Å². The minimum absolute atomic E-state index is 0.137. The molecule has 0 spiro atoms. The second-order valence-corrected chi connectivity index (χ2v) is 1.95. The van der Waals surface area contributed by atoms with E-state index in [9.17, 15) is 4.91 Å². The van der Waals surface area contributed by atoms with E-state index in [4.69, 9.17) is 9.47 Å². The van der Waals surface area contributed by atoms with E-state index >= 15 is 0 Å². The van der Waals surface area contributed by atoms with Gasteiger partial charge in [0.15, 0.2) is 0 Å². The summed E-state index contributed by atoms with van der Waals surface area (Å²) in [5.41, 5.74) is 0. The lowest BCUT2D eigenvalue weighted by atomic mass is 10.4. The third kappa shape index (κ3) is 5.69. The molecule has 0 aliphatic heterocycles. The predicted molar refractivity (Wildman–Crippen MR) is 42.5 cm³/mol. The highest BCUT2D eigenvalue weighted by Crippen LogP contribution is 1.93. The van der Waals surface area contributed by atoms with Crippen LogP contribution < -0.4 is 0 Å². The molecule has 0 saturated heterocycles.